The summed E-state index contributed by atoms with van der Waals surface area (Å²) in [6, 6.07) is 0. The summed E-state index contributed by atoms with van der Waals surface area (Å²) in [5.41, 5.74) is 0.403. The summed E-state index contributed by atoms with van der Waals surface area (Å²) < 4.78 is 0. The highest BCUT2D eigenvalue weighted by atomic mass is 15.1. The van der Waals surface area contributed by atoms with Gasteiger partial charge < -0.3 is 4.81 Å². The molecule has 0 aliphatic carbocycles. The van der Waals surface area contributed by atoms with Crippen LogP contribution in [-0.4, -0.2) is 24.3 Å². The van der Waals surface area contributed by atoms with E-state index in [9.17, 15) is 0 Å². The van der Waals surface area contributed by atoms with Crippen LogP contribution in [0.4, 0.5) is 0 Å². The Morgan fingerprint density at radius 1 is 1.20 bits per heavy atom. The smallest absolute Gasteiger partial charge is 0.204 e. The van der Waals surface area contributed by atoms with E-state index < -0.39 is 0 Å². The molecule has 1 fully saturated rings. The van der Waals surface area contributed by atoms with E-state index in [4.69, 9.17) is 0 Å². The molecule has 1 saturated heterocycles. The molecule has 1 rings (SSSR count). The van der Waals surface area contributed by atoms with E-state index in [2.05, 4.69) is 25.6 Å². The van der Waals surface area contributed by atoms with Crippen molar-refractivity contribution in [1.29, 1.82) is 0 Å². The summed E-state index contributed by atoms with van der Waals surface area (Å²) in [6.07, 6.45) is 4.24. The van der Waals surface area contributed by atoms with Crippen molar-refractivity contribution < 1.29 is 0 Å². The van der Waals surface area contributed by atoms with Gasteiger partial charge in [-0.25, -0.2) is 0 Å². The molecule has 1 aliphatic rings. The van der Waals surface area contributed by atoms with Gasteiger partial charge in [-0.15, -0.1) is 0 Å². The molecule has 0 radical (unpaired) electrons. The van der Waals surface area contributed by atoms with E-state index in [1.54, 1.807) is 0 Å². The second-order valence-electron chi connectivity index (χ2n) is 4.22. The Labute approximate surface area is 65.1 Å². The summed E-state index contributed by atoms with van der Waals surface area (Å²) >= 11 is 0. The van der Waals surface area contributed by atoms with E-state index in [1.165, 1.54) is 33.1 Å². The highest BCUT2D eigenvalue weighted by molar-refractivity contribution is 6.32. The van der Waals surface area contributed by atoms with Crippen LogP contribution in [0.2, 0.25) is 6.32 Å². The zero-order valence-corrected chi connectivity index (χ0v) is 7.48. The SMILES string of the molecule is CC(C)(C)N1BCCCC1. The van der Waals surface area contributed by atoms with E-state index >= 15 is 0 Å². The predicted molar refractivity (Wildman–Crippen MR) is 47.6 cm³/mol. The molecule has 0 saturated carbocycles. The van der Waals surface area contributed by atoms with Gasteiger partial charge in [0, 0.05) is 5.54 Å². The maximum Gasteiger partial charge on any atom is 0.204 e. The topological polar surface area (TPSA) is 3.24 Å². The van der Waals surface area contributed by atoms with E-state index in [-0.39, 0.29) is 0 Å². The van der Waals surface area contributed by atoms with Gasteiger partial charge >= 0.3 is 0 Å². The van der Waals surface area contributed by atoms with Crippen molar-refractivity contribution in [3.63, 3.8) is 0 Å². The van der Waals surface area contributed by atoms with Crippen LogP contribution in [0.5, 0.6) is 0 Å². The van der Waals surface area contributed by atoms with Crippen LogP contribution in [0, 0.1) is 0 Å². The third-order valence-corrected chi connectivity index (χ3v) is 2.30. The van der Waals surface area contributed by atoms with Crippen LogP contribution in [0.1, 0.15) is 33.6 Å². The molecule has 0 N–H and O–H groups in total. The molecule has 2 heteroatoms. The number of hydrogen-bond donors (Lipinski definition) is 0. The molecule has 0 aromatic rings. The monoisotopic (exact) mass is 139 g/mol. The normalized spacial score (nSPS) is 22.3. The largest absolute Gasteiger partial charge is 0.341 e. The molecule has 0 aromatic carbocycles. The molecular formula is C8H18BN. The van der Waals surface area contributed by atoms with Crippen LogP contribution in [0.25, 0.3) is 0 Å². The minimum atomic E-state index is 0.403. The summed E-state index contributed by atoms with van der Waals surface area (Å²) in [5.74, 6) is 0. The van der Waals surface area contributed by atoms with Gasteiger partial charge in [-0.3, -0.25) is 0 Å². The highest BCUT2D eigenvalue weighted by Gasteiger charge is 2.22. The standard InChI is InChI=1S/C8H18BN/c1-8(2,3)10-7-5-4-6-9-10/h9H,4-7H2,1-3H3. The Kier molecular flexibility index (Phi) is 2.40. The molecule has 0 aromatic heterocycles. The van der Waals surface area contributed by atoms with Gasteiger partial charge in [0.1, 0.15) is 0 Å². The molecule has 58 valence electrons. The minimum absolute atomic E-state index is 0.403. The second kappa shape index (κ2) is 2.95. The lowest BCUT2D eigenvalue weighted by Crippen LogP contribution is -2.46. The van der Waals surface area contributed by atoms with Crippen LogP contribution in [-0.2, 0) is 0 Å². The Hall–Kier alpha value is 0.0249. The lowest BCUT2D eigenvalue weighted by molar-refractivity contribution is 0.240. The quantitative estimate of drug-likeness (QED) is 0.461. The molecule has 1 nitrogen and oxygen atoms in total. The maximum absolute atomic E-state index is 2.58. The minimum Gasteiger partial charge on any atom is -0.341 e. The molecule has 0 atom stereocenters. The van der Waals surface area contributed by atoms with Crippen molar-refractivity contribution >= 4 is 7.41 Å². The molecule has 0 bridgehead atoms. The van der Waals surface area contributed by atoms with Gasteiger partial charge in [0.25, 0.3) is 0 Å². The first-order valence-corrected chi connectivity index (χ1v) is 4.36. The zero-order chi connectivity index (χ0) is 7.61. The molecule has 0 unspecified atom stereocenters. The molecule has 0 spiro atoms. The van der Waals surface area contributed by atoms with E-state index in [1.807, 2.05) is 0 Å². The van der Waals surface area contributed by atoms with Crippen molar-refractivity contribution in [3.8, 4) is 0 Å². The Morgan fingerprint density at radius 2 is 1.90 bits per heavy atom. The Morgan fingerprint density at radius 3 is 2.20 bits per heavy atom. The lowest BCUT2D eigenvalue weighted by atomic mass is 9.76. The first-order chi connectivity index (χ1) is 4.61. The number of nitrogens with zero attached hydrogens (tertiary/aromatic N) is 1. The summed E-state index contributed by atoms with van der Waals surface area (Å²) in [4.78, 5) is 2.58. The zero-order valence-electron chi connectivity index (χ0n) is 7.48. The lowest BCUT2D eigenvalue weighted by Gasteiger charge is -2.38. The number of hydrogen-bond acceptors (Lipinski definition) is 1. The van der Waals surface area contributed by atoms with Crippen molar-refractivity contribution in [2.24, 2.45) is 0 Å². The number of rotatable bonds is 0. The third kappa shape index (κ3) is 2.01. The van der Waals surface area contributed by atoms with Crippen LogP contribution in [0.15, 0.2) is 0 Å². The molecule has 10 heavy (non-hydrogen) atoms. The third-order valence-electron chi connectivity index (χ3n) is 2.30. The first kappa shape index (κ1) is 8.12. The fraction of sp³-hybridized carbons (Fsp3) is 1.00. The molecule has 1 aliphatic heterocycles. The van der Waals surface area contributed by atoms with Gasteiger partial charge in [0.05, 0.1) is 0 Å². The summed E-state index contributed by atoms with van der Waals surface area (Å²) in [5, 5.41) is 0. The summed E-state index contributed by atoms with van der Waals surface area (Å²) in [6.45, 7) is 8.22. The average molecular weight is 139 g/mol. The van der Waals surface area contributed by atoms with E-state index in [0.717, 1.165) is 0 Å². The van der Waals surface area contributed by atoms with E-state index in [0.29, 0.717) is 5.54 Å². The van der Waals surface area contributed by atoms with Gasteiger partial charge in [-0.05, 0) is 33.7 Å². The van der Waals surface area contributed by atoms with Gasteiger partial charge in [0.15, 0.2) is 0 Å². The Bertz CT molecular complexity index is 100. The fourth-order valence-electron chi connectivity index (χ4n) is 1.56. The average Bonchev–Trinajstić information content (AvgIpc) is 1.88. The van der Waals surface area contributed by atoms with Crippen molar-refractivity contribution in [2.45, 2.75) is 45.5 Å². The highest BCUT2D eigenvalue weighted by Crippen LogP contribution is 2.18. The second-order valence-corrected chi connectivity index (χ2v) is 4.22. The molecule has 0 amide bonds. The van der Waals surface area contributed by atoms with Crippen molar-refractivity contribution in [3.05, 3.63) is 0 Å². The van der Waals surface area contributed by atoms with Gasteiger partial charge in [-0.2, -0.15) is 0 Å². The van der Waals surface area contributed by atoms with Crippen molar-refractivity contribution in [2.75, 3.05) is 6.54 Å². The van der Waals surface area contributed by atoms with Gasteiger partial charge in [0.2, 0.25) is 7.41 Å². The Balaban J connectivity index is 2.39. The van der Waals surface area contributed by atoms with Crippen LogP contribution in [0.3, 0.4) is 0 Å². The van der Waals surface area contributed by atoms with Crippen LogP contribution >= 0.6 is 0 Å². The molecular weight excluding hydrogens is 121 g/mol. The first-order valence-electron chi connectivity index (χ1n) is 4.36. The van der Waals surface area contributed by atoms with Crippen LogP contribution < -0.4 is 0 Å². The predicted octanol–water partition coefficient (Wildman–Crippen LogP) is 1.65. The maximum atomic E-state index is 2.58. The fourth-order valence-corrected chi connectivity index (χ4v) is 1.56. The van der Waals surface area contributed by atoms with Crippen molar-refractivity contribution in [1.82, 2.24) is 4.81 Å². The van der Waals surface area contributed by atoms with Gasteiger partial charge in [-0.1, -0.05) is 12.7 Å². The molecule has 1 heterocycles. The summed E-state index contributed by atoms with van der Waals surface area (Å²) in [7, 11) is 1.31.